The van der Waals surface area contributed by atoms with Gasteiger partial charge in [0.2, 0.25) is 0 Å². The molecule has 0 aliphatic carbocycles. The first-order valence-electron chi connectivity index (χ1n) is 3.71. The van der Waals surface area contributed by atoms with Crippen molar-refractivity contribution < 1.29 is 0 Å². The summed E-state index contributed by atoms with van der Waals surface area (Å²) in [4.78, 5) is 0. The predicted octanol–water partition coefficient (Wildman–Crippen LogP) is 3.20. The molecule has 0 heteroatoms. The molecule has 0 aromatic carbocycles. The molecule has 53 valence electrons. The summed E-state index contributed by atoms with van der Waals surface area (Å²) in [5.41, 5.74) is 0. The monoisotopic (exact) mass is 125 g/mol. The SMILES string of the molecule is [CH2]CCC(C)CC=CC. The topological polar surface area (TPSA) is 0 Å². The van der Waals surface area contributed by atoms with Crippen LogP contribution in [0.15, 0.2) is 12.2 Å². The van der Waals surface area contributed by atoms with Crippen molar-refractivity contribution in [2.75, 3.05) is 0 Å². The Morgan fingerprint density at radius 1 is 1.56 bits per heavy atom. The lowest BCUT2D eigenvalue weighted by molar-refractivity contribution is 0.545. The van der Waals surface area contributed by atoms with E-state index < -0.39 is 0 Å². The fraction of sp³-hybridized carbons (Fsp3) is 0.667. The van der Waals surface area contributed by atoms with Gasteiger partial charge in [0.1, 0.15) is 0 Å². The summed E-state index contributed by atoms with van der Waals surface area (Å²) in [6.07, 6.45) is 7.87. The van der Waals surface area contributed by atoms with Crippen LogP contribution in [0.4, 0.5) is 0 Å². The highest BCUT2D eigenvalue weighted by Crippen LogP contribution is 2.09. The first-order valence-corrected chi connectivity index (χ1v) is 3.71. The van der Waals surface area contributed by atoms with E-state index in [0.717, 1.165) is 12.3 Å². The molecule has 0 amide bonds. The van der Waals surface area contributed by atoms with Crippen molar-refractivity contribution in [2.45, 2.75) is 33.1 Å². The van der Waals surface area contributed by atoms with Gasteiger partial charge in [0.15, 0.2) is 0 Å². The van der Waals surface area contributed by atoms with Crippen LogP contribution in [0.5, 0.6) is 0 Å². The number of hydrogen-bond acceptors (Lipinski definition) is 0. The molecule has 0 aliphatic heterocycles. The largest absolute Gasteiger partial charge is 0.0917 e. The zero-order valence-electron chi connectivity index (χ0n) is 6.56. The highest BCUT2D eigenvalue weighted by Gasteiger charge is 1.94. The molecule has 0 saturated carbocycles. The lowest BCUT2D eigenvalue weighted by Crippen LogP contribution is -1.89. The summed E-state index contributed by atoms with van der Waals surface area (Å²) < 4.78 is 0. The molecule has 0 aromatic rings. The zero-order valence-corrected chi connectivity index (χ0v) is 6.56. The van der Waals surface area contributed by atoms with E-state index in [0.29, 0.717) is 0 Å². The number of hydrogen-bond donors (Lipinski definition) is 0. The lowest BCUT2D eigenvalue weighted by Gasteiger charge is -2.04. The summed E-state index contributed by atoms with van der Waals surface area (Å²) in [5.74, 6) is 0.818. The third-order valence-corrected chi connectivity index (χ3v) is 1.47. The van der Waals surface area contributed by atoms with E-state index in [-0.39, 0.29) is 0 Å². The zero-order chi connectivity index (χ0) is 7.11. The Balaban J connectivity index is 3.15. The number of rotatable bonds is 4. The smallest absolute Gasteiger partial charge is 0.0325 e. The second-order valence-corrected chi connectivity index (χ2v) is 2.55. The van der Waals surface area contributed by atoms with Gasteiger partial charge in [-0.25, -0.2) is 0 Å². The Morgan fingerprint density at radius 3 is 2.67 bits per heavy atom. The van der Waals surface area contributed by atoms with Gasteiger partial charge in [-0.15, -0.1) is 0 Å². The van der Waals surface area contributed by atoms with Crippen LogP contribution in [-0.2, 0) is 0 Å². The molecule has 0 spiro atoms. The highest BCUT2D eigenvalue weighted by molar-refractivity contribution is 4.78. The Labute approximate surface area is 59.0 Å². The molecule has 0 nitrogen and oxygen atoms in total. The summed E-state index contributed by atoms with van der Waals surface area (Å²) in [7, 11) is 0. The lowest BCUT2D eigenvalue weighted by atomic mass is 10.0. The van der Waals surface area contributed by atoms with Crippen molar-refractivity contribution >= 4 is 0 Å². The van der Waals surface area contributed by atoms with Gasteiger partial charge in [-0.05, 0) is 19.3 Å². The minimum absolute atomic E-state index is 0.818. The first kappa shape index (κ1) is 8.74. The van der Waals surface area contributed by atoms with Crippen LogP contribution < -0.4 is 0 Å². The van der Waals surface area contributed by atoms with Gasteiger partial charge in [-0.2, -0.15) is 0 Å². The van der Waals surface area contributed by atoms with Crippen molar-refractivity contribution in [1.29, 1.82) is 0 Å². The molecule has 1 unspecified atom stereocenters. The standard InChI is InChI=1S/C9H17/c1-4-6-8-9(3)7-5-2/h4,6,9H,2,5,7-8H2,1,3H3. The number of allylic oxidation sites excluding steroid dienone is 2. The quantitative estimate of drug-likeness (QED) is 0.506. The van der Waals surface area contributed by atoms with Crippen LogP contribution in [-0.4, -0.2) is 0 Å². The normalized spacial score (nSPS) is 14.6. The second kappa shape index (κ2) is 5.87. The molecule has 0 fully saturated rings. The molecule has 1 atom stereocenters. The molecule has 0 saturated heterocycles. The molecule has 0 aliphatic rings. The maximum atomic E-state index is 3.81. The summed E-state index contributed by atoms with van der Waals surface area (Å²) in [6.45, 7) is 8.15. The molecular weight excluding hydrogens is 108 g/mol. The van der Waals surface area contributed by atoms with Gasteiger partial charge in [0.05, 0.1) is 0 Å². The van der Waals surface area contributed by atoms with Gasteiger partial charge in [-0.3, -0.25) is 0 Å². The summed E-state index contributed by atoms with van der Waals surface area (Å²) in [6, 6.07) is 0. The Morgan fingerprint density at radius 2 is 2.22 bits per heavy atom. The van der Waals surface area contributed by atoms with Crippen LogP contribution in [0.25, 0.3) is 0 Å². The Hall–Kier alpha value is -0.260. The molecular formula is C9H17. The van der Waals surface area contributed by atoms with Crippen LogP contribution in [0.3, 0.4) is 0 Å². The second-order valence-electron chi connectivity index (χ2n) is 2.55. The van der Waals surface area contributed by atoms with Crippen LogP contribution in [0.1, 0.15) is 33.1 Å². The van der Waals surface area contributed by atoms with E-state index in [2.05, 4.69) is 32.9 Å². The van der Waals surface area contributed by atoms with E-state index >= 15 is 0 Å². The van der Waals surface area contributed by atoms with Crippen molar-refractivity contribution in [3.63, 3.8) is 0 Å². The Kier molecular flexibility index (Phi) is 5.70. The third-order valence-electron chi connectivity index (χ3n) is 1.47. The Bertz CT molecular complexity index is 72.1. The molecule has 0 bridgehead atoms. The fourth-order valence-corrected chi connectivity index (χ4v) is 0.835. The fourth-order valence-electron chi connectivity index (χ4n) is 0.835. The van der Waals surface area contributed by atoms with Crippen LogP contribution in [0, 0.1) is 12.8 Å². The van der Waals surface area contributed by atoms with E-state index in [1.807, 2.05) is 0 Å². The molecule has 0 rings (SSSR count). The highest BCUT2D eigenvalue weighted by atomic mass is 14.0. The minimum Gasteiger partial charge on any atom is -0.0917 e. The predicted molar refractivity (Wildman–Crippen MR) is 43.2 cm³/mol. The molecule has 0 aromatic heterocycles. The molecule has 0 N–H and O–H groups in total. The maximum absolute atomic E-state index is 3.81. The van der Waals surface area contributed by atoms with Gasteiger partial charge < -0.3 is 0 Å². The molecule has 9 heavy (non-hydrogen) atoms. The van der Waals surface area contributed by atoms with E-state index in [9.17, 15) is 0 Å². The average molecular weight is 125 g/mol. The van der Waals surface area contributed by atoms with Crippen molar-refractivity contribution in [3.05, 3.63) is 19.1 Å². The van der Waals surface area contributed by atoms with E-state index in [1.165, 1.54) is 12.8 Å². The van der Waals surface area contributed by atoms with Gasteiger partial charge >= 0.3 is 0 Å². The molecule has 1 radical (unpaired) electrons. The van der Waals surface area contributed by atoms with Gasteiger partial charge in [0, 0.05) is 0 Å². The summed E-state index contributed by atoms with van der Waals surface area (Å²) >= 11 is 0. The first-order chi connectivity index (χ1) is 4.31. The third kappa shape index (κ3) is 5.61. The summed E-state index contributed by atoms with van der Waals surface area (Å²) in [5, 5.41) is 0. The minimum atomic E-state index is 0.818. The maximum Gasteiger partial charge on any atom is -0.0325 e. The van der Waals surface area contributed by atoms with Crippen LogP contribution >= 0.6 is 0 Å². The van der Waals surface area contributed by atoms with Crippen LogP contribution in [0.2, 0.25) is 0 Å². The average Bonchev–Trinajstić information content (AvgIpc) is 1.85. The van der Waals surface area contributed by atoms with E-state index in [4.69, 9.17) is 0 Å². The van der Waals surface area contributed by atoms with Gasteiger partial charge in [0.25, 0.3) is 0 Å². The van der Waals surface area contributed by atoms with Gasteiger partial charge in [-0.1, -0.05) is 38.8 Å². The van der Waals surface area contributed by atoms with Crippen molar-refractivity contribution in [1.82, 2.24) is 0 Å². The van der Waals surface area contributed by atoms with Crippen molar-refractivity contribution in [2.24, 2.45) is 5.92 Å². The van der Waals surface area contributed by atoms with E-state index in [1.54, 1.807) is 0 Å². The molecule has 0 heterocycles. The van der Waals surface area contributed by atoms with Crippen molar-refractivity contribution in [3.8, 4) is 0 Å².